The maximum Gasteiger partial charge on any atom is 0.355 e. The molecule has 0 aliphatic rings. The molecular weight excluding hydrogens is 292 g/mol. The van der Waals surface area contributed by atoms with Gasteiger partial charge in [-0.25, -0.2) is 9.78 Å². The number of nitrogens with one attached hydrogen (secondary N) is 2. The molecule has 2 aromatic heterocycles. The maximum atomic E-state index is 12.0. The molecule has 0 spiro atoms. The zero-order valence-electron chi connectivity index (χ0n) is 10.7. The van der Waals surface area contributed by atoms with Crippen molar-refractivity contribution in [3.63, 3.8) is 0 Å². The first-order chi connectivity index (χ1) is 10.1. The summed E-state index contributed by atoms with van der Waals surface area (Å²) in [6, 6.07) is 5.21. The largest absolute Gasteiger partial charge is 0.476 e. The number of thiazole rings is 1. The van der Waals surface area contributed by atoms with Crippen LogP contribution in [0.1, 0.15) is 25.9 Å². The van der Waals surface area contributed by atoms with Crippen molar-refractivity contribution in [2.24, 2.45) is 0 Å². The summed E-state index contributed by atoms with van der Waals surface area (Å²) in [5.74, 6) is -1.32. The van der Waals surface area contributed by atoms with Gasteiger partial charge in [-0.15, -0.1) is 11.3 Å². The number of aromatic carboxylic acids is 1. The van der Waals surface area contributed by atoms with Crippen molar-refractivity contribution in [2.45, 2.75) is 6.54 Å². The van der Waals surface area contributed by atoms with E-state index in [4.69, 9.17) is 5.11 Å². The lowest BCUT2D eigenvalue weighted by atomic mass is 10.1. The molecule has 106 valence electrons. The quantitative estimate of drug-likeness (QED) is 0.679. The molecule has 0 fully saturated rings. The Labute approximate surface area is 122 Å². The number of carbonyl (C=O) groups excluding carboxylic acids is 1. The van der Waals surface area contributed by atoms with Crippen LogP contribution in [0.3, 0.4) is 0 Å². The van der Waals surface area contributed by atoms with Crippen molar-refractivity contribution in [3.8, 4) is 0 Å². The Kier molecular flexibility index (Phi) is 3.36. The van der Waals surface area contributed by atoms with Gasteiger partial charge in [0.15, 0.2) is 5.69 Å². The highest BCUT2D eigenvalue weighted by molar-refractivity contribution is 7.09. The molecule has 7 nitrogen and oxygen atoms in total. The number of amides is 1. The van der Waals surface area contributed by atoms with Crippen LogP contribution in [0.25, 0.3) is 10.9 Å². The molecule has 0 aliphatic carbocycles. The Hall–Kier alpha value is -2.74. The van der Waals surface area contributed by atoms with Crippen LogP contribution in [-0.4, -0.2) is 32.2 Å². The van der Waals surface area contributed by atoms with Gasteiger partial charge < -0.3 is 10.4 Å². The fourth-order valence-electron chi connectivity index (χ4n) is 1.83. The molecule has 0 bridgehead atoms. The lowest BCUT2D eigenvalue weighted by Gasteiger charge is -2.03. The molecule has 1 aromatic carbocycles. The zero-order valence-corrected chi connectivity index (χ0v) is 11.5. The molecule has 0 radical (unpaired) electrons. The summed E-state index contributed by atoms with van der Waals surface area (Å²) in [6.07, 6.45) is 1.64. The Balaban J connectivity index is 1.69. The molecule has 8 heteroatoms. The molecule has 0 aliphatic heterocycles. The third kappa shape index (κ3) is 2.75. The second kappa shape index (κ2) is 5.33. The van der Waals surface area contributed by atoms with Gasteiger partial charge in [-0.3, -0.25) is 9.89 Å². The molecule has 0 unspecified atom stereocenters. The minimum atomic E-state index is -1.07. The van der Waals surface area contributed by atoms with E-state index in [2.05, 4.69) is 20.5 Å². The van der Waals surface area contributed by atoms with Crippen molar-refractivity contribution in [1.82, 2.24) is 20.5 Å². The van der Waals surface area contributed by atoms with Gasteiger partial charge in [0.2, 0.25) is 0 Å². The number of benzene rings is 1. The number of aromatic amines is 1. The fourth-order valence-corrected chi connectivity index (χ4v) is 2.54. The summed E-state index contributed by atoms with van der Waals surface area (Å²) in [5, 5.41) is 21.0. The van der Waals surface area contributed by atoms with E-state index >= 15 is 0 Å². The Morgan fingerprint density at radius 2 is 2.24 bits per heavy atom. The standard InChI is InChI=1S/C13H10N4O3S/c18-12(7-1-2-9-8(3-7)4-15-17-9)14-5-11-16-10(6-21-11)13(19)20/h1-4,6H,5H2,(H,14,18)(H,15,17)(H,19,20). The van der Waals surface area contributed by atoms with E-state index in [1.165, 1.54) is 16.7 Å². The fraction of sp³-hybridized carbons (Fsp3) is 0.0769. The predicted octanol–water partition coefficient (Wildman–Crippen LogP) is 1.65. The molecule has 3 N–H and O–H groups in total. The third-order valence-electron chi connectivity index (χ3n) is 2.87. The van der Waals surface area contributed by atoms with Crippen molar-refractivity contribution >= 4 is 34.1 Å². The predicted molar refractivity (Wildman–Crippen MR) is 76.3 cm³/mol. The minimum absolute atomic E-state index is 0.0101. The Morgan fingerprint density at radius 1 is 1.38 bits per heavy atom. The molecule has 1 amide bonds. The van der Waals surface area contributed by atoms with Gasteiger partial charge >= 0.3 is 5.97 Å². The van der Waals surface area contributed by atoms with Crippen LogP contribution < -0.4 is 5.32 Å². The number of rotatable bonds is 4. The van der Waals surface area contributed by atoms with E-state index < -0.39 is 5.97 Å². The van der Waals surface area contributed by atoms with E-state index in [-0.39, 0.29) is 18.1 Å². The summed E-state index contributed by atoms with van der Waals surface area (Å²) in [6.45, 7) is 0.195. The number of carboxylic acids is 1. The number of hydrogen-bond donors (Lipinski definition) is 3. The Bertz CT molecular complexity index is 824. The third-order valence-corrected chi connectivity index (χ3v) is 3.72. The number of H-pyrrole nitrogens is 1. The van der Waals surface area contributed by atoms with Crippen LogP contribution in [0, 0.1) is 0 Å². The maximum absolute atomic E-state index is 12.0. The monoisotopic (exact) mass is 302 g/mol. The molecule has 2 heterocycles. The lowest BCUT2D eigenvalue weighted by molar-refractivity contribution is 0.0691. The minimum Gasteiger partial charge on any atom is -0.476 e. The highest BCUT2D eigenvalue weighted by Crippen LogP contribution is 2.13. The van der Waals surface area contributed by atoms with Crippen molar-refractivity contribution in [2.75, 3.05) is 0 Å². The van der Waals surface area contributed by atoms with Crippen LogP contribution in [0.2, 0.25) is 0 Å². The van der Waals surface area contributed by atoms with E-state index in [0.29, 0.717) is 10.6 Å². The van der Waals surface area contributed by atoms with E-state index in [0.717, 1.165) is 10.9 Å². The molecular formula is C13H10N4O3S. The molecule has 0 atom stereocenters. The van der Waals surface area contributed by atoms with E-state index in [9.17, 15) is 9.59 Å². The first-order valence-corrected chi connectivity index (χ1v) is 6.90. The highest BCUT2D eigenvalue weighted by Gasteiger charge is 2.11. The van der Waals surface area contributed by atoms with Crippen LogP contribution in [0.15, 0.2) is 29.8 Å². The normalized spacial score (nSPS) is 10.7. The number of hydrogen-bond acceptors (Lipinski definition) is 5. The van der Waals surface area contributed by atoms with Crippen LogP contribution in [-0.2, 0) is 6.54 Å². The summed E-state index contributed by atoms with van der Waals surface area (Å²) in [7, 11) is 0. The topological polar surface area (TPSA) is 108 Å². The summed E-state index contributed by atoms with van der Waals surface area (Å²) in [4.78, 5) is 26.7. The smallest absolute Gasteiger partial charge is 0.355 e. The van der Waals surface area contributed by atoms with Crippen molar-refractivity contribution in [1.29, 1.82) is 0 Å². The molecule has 0 saturated heterocycles. The van der Waals surface area contributed by atoms with Crippen LogP contribution in [0.4, 0.5) is 0 Å². The van der Waals surface area contributed by atoms with Crippen molar-refractivity contribution in [3.05, 3.63) is 46.0 Å². The van der Waals surface area contributed by atoms with E-state index in [1.807, 2.05) is 0 Å². The number of carboxylic acid groups (broad SMARTS) is 1. The first kappa shape index (κ1) is 13.3. The summed E-state index contributed by atoms with van der Waals surface area (Å²) < 4.78 is 0. The number of nitrogens with zero attached hydrogens (tertiary/aromatic N) is 2. The van der Waals surface area contributed by atoms with Gasteiger partial charge in [-0.1, -0.05) is 0 Å². The SMILES string of the molecule is O=C(NCc1nc(C(=O)O)cs1)c1ccc2[nH]ncc2c1. The number of fused-ring (bicyclic) bond motifs is 1. The molecule has 0 saturated carbocycles. The summed E-state index contributed by atoms with van der Waals surface area (Å²) >= 11 is 1.20. The summed E-state index contributed by atoms with van der Waals surface area (Å²) in [5.41, 5.74) is 1.36. The van der Waals surface area contributed by atoms with Crippen molar-refractivity contribution < 1.29 is 14.7 Å². The second-order valence-corrected chi connectivity index (χ2v) is 5.23. The van der Waals surface area contributed by atoms with Gasteiger partial charge in [-0.2, -0.15) is 5.10 Å². The van der Waals surface area contributed by atoms with Gasteiger partial charge in [0.05, 0.1) is 18.3 Å². The number of carbonyl (C=O) groups is 2. The molecule has 21 heavy (non-hydrogen) atoms. The molecule has 3 rings (SSSR count). The highest BCUT2D eigenvalue weighted by atomic mass is 32.1. The van der Waals surface area contributed by atoms with Crippen LogP contribution in [0.5, 0.6) is 0 Å². The average molecular weight is 302 g/mol. The number of aromatic nitrogens is 3. The second-order valence-electron chi connectivity index (χ2n) is 4.29. The van der Waals surface area contributed by atoms with E-state index in [1.54, 1.807) is 24.4 Å². The van der Waals surface area contributed by atoms with Gasteiger partial charge in [0.25, 0.3) is 5.91 Å². The average Bonchev–Trinajstić information content (AvgIpc) is 3.12. The molecule has 3 aromatic rings. The van der Waals surface area contributed by atoms with Crippen LogP contribution >= 0.6 is 11.3 Å². The Morgan fingerprint density at radius 3 is 3.00 bits per heavy atom. The lowest BCUT2D eigenvalue weighted by Crippen LogP contribution is -2.22. The van der Waals surface area contributed by atoms with Gasteiger partial charge in [-0.05, 0) is 18.2 Å². The zero-order chi connectivity index (χ0) is 14.8. The van der Waals surface area contributed by atoms with Gasteiger partial charge in [0, 0.05) is 16.3 Å². The van der Waals surface area contributed by atoms with Gasteiger partial charge in [0.1, 0.15) is 5.01 Å². The first-order valence-electron chi connectivity index (χ1n) is 6.02.